The van der Waals surface area contributed by atoms with Crippen molar-refractivity contribution in [2.24, 2.45) is 0 Å². The number of unbranched alkanes of at least 4 members (excludes halogenated alkanes) is 13. The zero-order valence-electron chi connectivity index (χ0n) is 17.5. The standard InChI is InChI=1S/C22H47NO2/c1-4-5-6-7-8-9-10-11-12-13-14-15-16-17-18-23(21(2)19-24)22(3)20-25/h21-22,24-25H,4-20H2,1-3H3. The Kier molecular flexibility index (Phi) is 18.6. The highest BCUT2D eigenvalue weighted by Gasteiger charge is 2.18. The van der Waals surface area contributed by atoms with Crippen molar-refractivity contribution in [1.29, 1.82) is 0 Å². The van der Waals surface area contributed by atoms with Gasteiger partial charge < -0.3 is 10.2 Å². The second kappa shape index (κ2) is 18.7. The summed E-state index contributed by atoms with van der Waals surface area (Å²) in [6.45, 7) is 7.68. The van der Waals surface area contributed by atoms with Crippen LogP contribution in [0.1, 0.15) is 111 Å². The summed E-state index contributed by atoms with van der Waals surface area (Å²) in [7, 11) is 0. The van der Waals surface area contributed by atoms with Gasteiger partial charge in [0.2, 0.25) is 0 Å². The first-order chi connectivity index (χ1) is 12.2. The second-order valence-electron chi connectivity index (χ2n) is 7.90. The normalized spacial score (nSPS) is 14.2. The van der Waals surface area contributed by atoms with Gasteiger partial charge >= 0.3 is 0 Å². The fraction of sp³-hybridized carbons (Fsp3) is 1.00. The summed E-state index contributed by atoms with van der Waals surface area (Å²) >= 11 is 0. The Labute approximate surface area is 158 Å². The lowest BCUT2D eigenvalue weighted by Gasteiger charge is -2.32. The molecule has 0 aromatic rings. The maximum Gasteiger partial charge on any atom is 0.0584 e. The highest BCUT2D eigenvalue weighted by molar-refractivity contribution is 4.72. The minimum absolute atomic E-state index is 0.143. The second-order valence-corrected chi connectivity index (χ2v) is 7.90. The molecule has 2 unspecified atom stereocenters. The summed E-state index contributed by atoms with van der Waals surface area (Å²) in [6, 6.07) is 0.285. The van der Waals surface area contributed by atoms with Crippen LogP contribution in [0.2, 0.25) is 0 Å². The summed E-state index contributed by atoms with van der Waals surface area (Å²) in [5.74, 6) is 0. The van der Waals surface area contributed by atoms with Gasteiger partial charge in [-0.1, -0.05) is 90.4 Å². The fourth-order valence-electron chi connectivity index (χ4n) is 3.57. The van der Waals surface area contributed by atoms with Crippen molar-refractivity contribution < 1.29 is 10.2 Å². The van der Waals surface area contributed by atoms with Crippen LogP contribution in [0.25, 0.3) is 0 Å². The van der Waals surface area contributed by atoms with E-state index in [1.165, 1.54) is 89.9 Å². The van der Waals surface area contributed by atoms with E-state index in [0.29, 0.717) is 0 Å². The molecule has 25 heavy (non-hydrogen) atoms. The predicted octanol–water partition coefficient (Wildman–Crippen LogP) is 5.53. The molecule has 3 nitrogen and oxygen atoms in total. The van der Waals surface area contributed by atoms with Crippen LogP contribution in [0.5, 0.6) is 0 Å². The molecule has 0 bridgehead atoms. The molecule has 2 atom stereocenters. The summed E-state index contributed by atoms with van der Waals surface area (Å²) in [4.78, 5) is 2.24. The van der Waals surface area contributed by atoms with Crippen molar-refractivity contribution in [2.45, 2.75) is 123 Å². The van der Waals surface area contributed by atoms with Crippen molar-refractivity contribution in [3.05, 3.63) is 0 Å². The highest BCUT2D eigenvalue weighted by Crippen LogP contribution is 2.14. The van der Waals surface area contributed by atoms with Crippen molar-refractivity contribution in [1.82, 2.24) is 4.90 Å². The van der Waals surface area contributed by atoms with Gasteiger partial charge in [0.25, 0.3) is 0 Å². The summed E-state index contributed by atoms with van der Waals surface area (Å²) in [6.07, 6.45) is 19.3. The number of hydrogen-bond acceptors (Lipinski definition) is 3. The summed E-state index contributed by atoms with van der Waals surface area (Å²) in [5, 5.41) is 18.7. The van der Waals surface area contributed by atoms with Crippen molar-refractivity contribution in [3.8, 4) is 0 Å². The van der Waals surface area contributed by atoms with E-state index in [1.807, 2.05) is 13.8 Å². The van der Waals surface area contributed by atoms with Gasteiger partial charge in [-0.15, -0.1) is 0 Å². The molecule has 0 saturated carbocycles. The Bertz CT molecular complexity index is 250. The average Bonchev–Trinajstić information content (AvgIpc) is 2.63. The first-order valence-electron chi connectivity index (χ1n) is 11.1. The van der Waals surface area contributed by atoms with Gasteiger partial charge in [0.15, 0.2) is 0 Å². The number of nitrogens with zero attached hydrogens (tertiary/aromatic N) is 1. The molecule has 3 heteroatoms. The van der Waals surface area contributed by atoms with Crippen LogP contribution in [0.4, 0.5) is 0 Å². The Balaban J connectivity index is 3.40. The van der Waals surface area contributed by atoms with Crippen molar-refractivity contribution in [2.75, 3.05) is 19.8 Å². The Morgan fingerprint density at radius 1 is 0.560 bits per heavy atom. The molecule has 0 spiro atoms. The largest absolute Gasteiger partial charge is 0.395 e. The third kappa shape index (κ3) is 14.7. The van der Waals surface area contributed by atoms with Crippen LogP contribution >= 0.6 is 0 Å². The Morgan fingerprint density at radius 2 is 0.880 bits per heavy atom. The smallest absolute Gasteiger partial charge is 0.0584 e. The average molecular weight is 358 g/mol. The first-order valence-corrected chi connectivity index (χ1v) is 11.1. The van der Waals surface area contributed by atoms with E-state index < -0.39 is 0 Å². The Hall–Kier alpha value is -0.120. The summed E-state index contributed by atoms with van der Waals surface area (Å²) < 4.78 is 0. The molecular weight excluding hydrogens is 310 g/mol. The molecular formula is C22H47NO2. The van der Waals surface area contributed by atoms with E-state index in [1.54, 1.807) is 0 Å². The van der Waals surface area contributed by atoms with Gasteiger partial charge in [0, 0.05) is 12.1 Å². The lowest BCUT2D eigenvalue weighted by Crippen LogP contribution is -2.44. The molecule has 152 valence electrons. The van der Waals surface area contributed by atoms with Gasteiger partial charge in [-0.25, -0.2) is 0 Å². The monoisotopic (exact) mass is 357 g/mol. The lowest BCUT2D eigenvalue weighted by molar-refractivity contribution is 0.0665. The van der Waals surface area contributed by atoms with Crippen LogP contribution in [-0.2, 0) is 0 Å². The van der Waals surface area contributed by atoms with E-state index >= 15 is 0 Å². The predicted molar refractivity (Wildman–Crippen MR) is 110 cm³/mol. The SMILES string of the molecule is CCCCCCCCCCCCCCCCN(C(C)CO)C(C)CO. The highest BCUT2D eigenvalue weighted by atomic mass is 16.3. The molecule has 0 saturated heterocycles. The van der Waals surface area contributed by atoms with E-state index in [0.717, 1.165) is 6.54 Å². The van der Waals surface area contributed by atoms with Gasteiger partial charge in [-0.05, 0) is 26.8 Å². The molecule has 2 N–H and O–H groups in total. The third-order valence-corrected chi connectivity index (χ3v) is 5.43. The number of rotatable bonds is 19. The van der Waals surface area contributed by atoms with Gasteiger partial charge in [0.1, 0.15) is 0 Å². The number of aliphatic hydroxyl groups excluding tert-OH is 2. The van der Waals surface area contributed by atoms with Gasteiger partial charge in [-0.2, -0.15) is 0 Å². The van der Waals surface area contributed by atoms with Crippen LogP contribution in [0, 0.1) is 0 Å². The van der Waals surface area contributed by atoms with E-state index in [-0.39, 0.29) is 25.3 Å². The fourth-order valence-corrected chi connectivity index (χ4v) is 3.57. The van der Waals surface area contributed by atoms with E-state index in [2.05, 4.69) is 11.8 Å². The topological polar surface area (TPSA) is 43.7 Å². The minimum atomic E-state index is 0.143. The molecule has 0 heterocycles. The lowest BCUT2D eigenvalue weighted by atomic mass is 10.0. The van der Waals surface area contributed by atoms with Crippen molar-refractivity contribution >= 4 is 0 Å². The summed E-state index contributed by atoms with van der Waals surface area (Å²) in [5.41, 5.74) is 0. The minimum Gasteiger partial charge on any atom is -0.395 e. The van der Waals surface area contributed by atoms with Crippen LogP contribution in [0.3, 0.4) is 0 Å². The maximum atomic E-state index is 9.34. The molecule has 0 aliphatic rings. The van der Waals surface area contributed by atoms with E-state index in [9.17, 15) is 10.2 Å². The molecule has 0 radical (unpaired) electrons. The number of hydrogen-bond donors (Lipinski definition) is 2. The molecule has 0 amide bonds. The van der Waals surface area contributed by atoms with Crippen LogP contribution in [0.15, 0.2) is 0 Å². The zero-order chi connectivity index (χ0) is 18.8. The van der Waals surface area contributed by atoms with Crippen LogP contribution < -0.4 is 0 Å². The maximum absolute atomic E-state index is 9.34. The molecule has 0 aliphatic heterocycles. The van der Waals surface area contributed by atoms with Crippen LogP contribution in [-0.4, -0.2) is 47.0 Å². The zero-order valence-corrected chi connectivity index (χ0v) is 17.5. The Morgan fingerprint density at radius 3 is 1.20 bits per heavy atom. The quantitative estimate of drug-likeness (QED) is 0.299. The molecule has 0 fully saturated rings. The first kappa shape index (κ1) is 24.9. The molecule has 0 aliphatic carbocycles. The molecule has 0 rings (SSSR count). The third-order valence-electron chi connectivity index (χ3n) is 5.43. The molecule has 0 aromatic heterocycles. The van der Waals surface area contributed by atoms with E-state index in [4.69, 9.17) is 0 Å². The molecule has 0 aromatic carbocycles. The van der Waals surface area contributed by atoms with Crippen molar-refractivity contribution in [3.63, 3.8) is 0 Å². The van der Waals surface area contributed by atoms with Gasteiger partial charge in [0.05, 0.1) is 13.2 Å². The number of aliphatic hydroxyl groups is 2. The van der Waals surface area contributed by atoms with Gasteiger partial charge in [-0.3, -0.25) is 4.90 Å².